The van der Waals surface area contributed by atoms with Crippen LogP contribution in [0, 0.1) is 5.92 Å². The number of amides is 2. The summed E-state index contributed by atoms with van der Waals surface area (Å²) < 4.78 is 1.21. The van der Waals surface area contributed by atoms with E-state index in [-0.39, 0.29) is 11.8 Å². The highest BCUT2D eigenvalue weighted by atomic mass is 32.1. The summed E-state index contributed by atoms with van der Waals surface area (Å²) in [6, 6.07) is 15.4. The van der Waals surface area contributed by atoms with E-state index in [0.29, 0.717) is 18.8 Å². The molecule has 1 aromatic heterocycles. The summed E-state index contributed by atoms with van der Waals surface area (Å²) in [7, 11) is 0. The van der Waals surface area contributed by atoms with Gasteiger partial charge in [0.05, 0.1) is 15.2 Å². The Labute approximate surface area is 175 Å². The number of carbonyl (C=O) groups excluding carboxylic acids is 2. The second kappa shape index (κ2) is 10.2. The molecule has 2 amide bonds. The minimum atomic E-state index is 0.00455. The molecule has 152 valence electrons. The Balaban J connectivity index is 1.38. The zero-order valence-corrected chi connectivity index (χ0v) is 17.7. The normalized spacial score (nSPS) is 11.0. The van der Waals surface area contributed by atoms with Crippen molar-refractivity contribution in [3.05, 3.63) is 53.5 Å². The fourth-order valence-corrected chi connectivity index (χ4v) is 4.04. The number of thiazole rings is 1. The second-order valence-corrected chi connectivity index (χ2v) is 8.67. The lowest BCUT2D eigenvalue weighted by atomic mass is 10.1. The van der Waals surface area contributed by atoms with Crippen molar-refractivity contribution < 1.29 is 9.59 Å². The van der Waals surface area contributed by atoms with E-state index in [1.165, 1.54) is 4.70 Å². The van der Waals surface area contributed by atoms with Crippen LogP contribution >= 0.6 is 11.3 Å². The number of aromatic nitrogens is 1. The minimum absolute atomic E-state index is 0.00455. The van der Waals surface area contributed by atoms with Crippen molar-refractivity contribution >= 4 is 44.7 Å². The molecule has 0 spiro atoms. The van der Waals surface area contributed by atoms with Gasteiger partial charge in [0.25, 0.3) is 0 Å². The predicted molar refractivity (Wildman–Crippen MR) is 120 cm³/mol. The van der Waals surface area contributed by atoms with Gasteiger partial charge in [0.15, 0.2) is 0 Å². The first-order valence-electron chi connectivity index (χ1n) is 10.0. The Bertz CT molecular complexity index is 931. The van der Waals surface area contributed by atoms with Crippen molar-refractivity contribution in [2.24, 2.45) is 5.92 Å². The van der Waals surface area contributed by atoms with E-state index in [0.717, 1.165) is 41.2 Å². The maximum Gasteiger partial charge on any atom is 0.224 e. The molecule has 0 aliphatic heterocycles. The monoisotopic (exact) mass is 409 g/mol. The van der Waals surface area contributed by atoms with E-state index in [1.807, 2.05) is 44.2 Å². The van der Waals surface area contributed by atoms with E-state index in [4.69, 9.17) is 0 Å². The van der Waals surface area contributed by atoms with Gasteiger partial charge >= 0.3 is 0 Å². The molecule has 2 aromatic carbocycles. The third-order valence-corrected chi connectivity index (χ3v) is 5.52. The van der Waals surface area contributed by atoms with Gasteiger partial charge in [-0.25, -0.2) is 4.98 Å². The van der Waals surface area contributed by atoms with Gasteiger partial charge in [-0.2, -0.15) is 0 Å². The van der Waals surface area contributed by atoms with Crippen molar-refractivity contribution in [3.8, 4) is 0 Å². The van der Waals surface area contributed by atoms with Gasteiger partial charge in [-0.05, 0) is 61.6 Å². The number of aryl methyl sites for hydroxylation is 1. The van der Waals surface area contributed by atoms with E-state index >= 15 is 0 Å². The summed E-state index contributed by atoms with van der Waals surface area (Å²) in [5, 5.41) is 6.90. The highest BCUT2D eigenvalue weighted by Crippen LogP contribution is 2.23. The van der Waals surface area contributed by atoms with Crippen LogP contribution in [-0.4, -0.2) is 16.8 Å². The summed E-state index contributed by atoms with van der Waals surface area (Å²) in [6.07, 6.45) is 3.64. The molecule has 0 bridgehead atoms. The first-order valence-corrected chi connectivity index (χ1v) is 10.9. The molecule has 29 heavy (non-hydrogen) atoms. The maximum atomic E-state index is 12.2. The van der Waals surface area contributed by atoms with Crippen molar-refractivity contribution in [1.29, 1.82) is 0 Å². The lowest BCUT2D eigenvalue weighted by Crippen LogP contribution is -2.14. The van der Waals surface area contributed by atoms with Gasteiger partial charge in [-0.15, -0.1) is 11.3 Å². The summed E-state index contributed by atoms with van der Waals surface area (Å²) in [6.45, 7) is 4.02. The number of fused-ring (bicyclic) bond motifs is 1. The van der Waals surface area contributed by atoms with Crippen LogP contribution in [0.25, 0.3) is 10.2 Å². The number of rotatable bonds is 9. The molecule has 3 aromatic rings. The maximum absolute atomic E-state index is 12.2. The zero-order valence-electron chi connectivity index (χ0n) is 16.9. The van der Waals surface area contributed by atoms with Gasteiger partial charge in [0.1, 0.15) is 0 Å². The second-order valence-electron chi connectivity index (χ2n) is 7.55. The fourth-order valence-electron chi connectivity index (χ4n) is 3.03. The largest absolute Gasteiger partial charge is 0.326 e. The number of nitrogens with zero attached hydrogens (tertiary/aromatic N) is 1. The molecule has 1 heterocycles. The quantitative estimate of drug-likeness (QED) is 0.450. The molecule has 0 atom stereocenters. The van der Waals surface area contributed by atoms with Gasteiger partial charge in [0.2, 0.25) is 11.8 Å². The molecule has 0 unspecified atom stereocenters. The Hall–Kier alpha value is -2.73. The Morgan fingerprint density at radius 2 is 1.59 bits per heavy atom. The lowest BCUT2D eigenvalue weighted by molar-refractivity contribution is -0.117. The van der Waals surface area contributed by atoms with Crippen LogP contribution in [0.2, 0.25) is 0 Å². The van der Waals surface area contributed by atoms with Crippen molar-refractivity contribution in [3.63, 3.8) is 0 Å². The number of nitrogens with one attached hydrogen (secondary N) is 2. The van der Waals surface area contributed by atoms with Crippen LogP contribution in [0.3, 0.4) is 0 Å². The standard InChI is InChI=1S/C23H27N3O2S/c1-16(2)15-22(28)25-18-13-11-17(12-14-18)24-21(27)9-5-6-10-23-26-19-7-3-4-8-20(19)29-23/h3-4,7-8,11-14,16H,5-6,9-10,15H2,1-2H3,(H,24,27)(H,25,28). The Kier molecular flexibility index (Phi) is 7.36. The molecule has 6 heteroatoms. The zero-order chi connectivity index (χ0) is 20.6. The number of para-hydroxylation sites is 1. The van der Waals surface area contributed by atoms with E-state index in [1.54, 1.807) is 23.5 Å². The topological polar surface area (TPSA) is 71.1 Å². The third kappa shape index (κ3) is 6.68. The molecule has 5 nitrogen and oxygen atoms in total. The highest BCUT2D eigenvalue weighted by molar-refractivity contribution is 7.18. The predicted octanol–water partition coefficient (Wildman–Crippen LogP) is 5.63. The molecule has 0 aliphatic rings. The molecule has 0 aliphatic carbocycles. The van der Waals surface area contributed by atoms with Crippen LogP contribution in [0.1, 0.15) is 44.5 Å². The molecule has 0 saturated heterocycles. The molecule has 0 fully saturated rings. The van der Waals surface area contributed by atoms with E-state index in [2.05, 4.69) is 21.7 Å². The van der Waals surface area contributed by atoms with Crippen LogP contribution in [0.4, 0.5) is 11.4 Å². The fraction of sp³-hybridized carbons (Fsp3) is 0.348. The molecule has 0 saturated carbocycles. The minimum Gasteiger partial charge on any atom is -0.326 e. The number of unbranched alkanes of at least 4 members (excludes halogenated alkanes) is 1. The first kappa shape index (κ1) is 21.0. The number of hydrogen-bond donors (Lipinski definition) is 2. The van der Waals surface area contributed by atoms with Crippen LogP contribution in [0.15, 0.2) is 48.5 Å². The Morgan fingerprint density at radius 3 is 2.24 bits per heavy atom. The average molecular weight is 410 g/mol. The summed E-state index contributed by atoms with van der Waals surface area (Å²) in [4.78, 5) is 28.6. The lowest BCUT2D eigenvalue weighted by Gasteiger charge is -2.09. The molecular weight excluding hydrogens is 382 g/mol. The van der Waals surface area contributed by atoms with Crippen molar-refractivity contribution in [2.45, 2.75) is 46.0 Å². The van der Waals surface area contributed by atoms with Crippen molar-refractivity contribution in [1.82, 2.24) is 4.98 Å². The first-order chi connectivity index (χ1) is 14.0. The van der Waals surface area contributed by atoms with Gasteiger partial charge in [-0.3, -0.25) is 9.59 Å². The van der Waals surface area contributed by atoms with Gasteiger partial charge < -0.3 is 10.6 Å². The number of hydrogen-bond acceptors (Lipinski definition) is 4. The molecule has 3 rings (SSSR count). The SMILES string of the molecule is CC(C)CC(=O)Nc1ccc(NC(=O)CCCCc2nc3ccccc3s2)cc1. The summed E-state index contributed by atoms with van der Waals surface area (Å²) >= 11 is 1.73. The third-order valence-electron chi connectivity index (χ3n) is 4.43. The molecule has 0 radical (unpaired) electrons. The number of carbonyl (C=O) groups is 2. The van der Waals surface area contributed by atoms with Crippen molar-refractivity contribution in [2.75, 3.05) is 10.6 Å². The van der Waals surface area contributed by atoms with E-state index in [9.17, 15) is 9.59 Å². The van der Waals surface area contributed by atoms with Crippen LogP contribution in [0.5, 0.6) is 0 Å². The number of anilines is 2. The smallest absolute Gasteiger partial charge is 0.224 e. The van der Waals surface area contributed by atoms with E-state index < -0.39 is 0 Å². The van der Waals surface area contributed by atoms with Gasteiger partial charge in [0, 0.05) is 24.2 Å². The number of benzene rings is 2. The highest BCUT2D eigenvalue weighted by Gasteiger charge is 2.07. The Morgan fingerprint density at radius 1 is 0.931 bits per heavy atom. The van der Waals surface area contributed by atoms with Crippen LogP contribution < -0.4 is 10.6 Å². The summed E-state index contributed by atoms with van der Waals surface area (Å²) in [5.41, 5.74) is 2.53. The summed E-state index contributed by atoms with van der Waals surface area (Å²) in [5.74, 6) is 0.332. The van der Waals surface area contributed by atoms with Gasteiger partial charge in [-0.1, -0.05) is 26.0 Å². The average Bonchev–Trinajstić information content (AvgIpc) is 3.09. The van der Waals surface area contributed by atoms with Crippen LogP contribution in [-0.2, 0) is 16.0 Å². The molecule has 2 N–H and O–H groups in total. The molecular formula is C23H27N3O2S.